The van der Waals surface area contributed by atoms with E-state index >= 15 is 0 Å². The molecule has 0 saturated heterocycles. The highest BCUT2D eigenvalue weighted by atomic mass is 16.7. The van der Waals surface area contributed by atoms with Gasteiger partial charge in [-0.15, -0.1) is 0 Å². The van der Waals surface area contributed by atoms with Gasteiger partial charge in [-0.1, -0.05) is 65.4 Å². The smallest absolute Gasteiger partial charge is 0.189 e. The first kappa shape index (κ1) is 18.7. The summed E-state index contributed by atoms with van der Waals surface area (Å²) in [6, 6.07) is 0. The molecule has 2 heteroatoms. The first-order valence-electron chi connectivity index (χ1n) is 7.94. The lowest BCUT2D eigenvalue weighted by atomic mass is 9.88. The lowest BCUT2D eigenvalue weighted by molar-refractivity contribution is -0.207. The van der Waals surface area contributed by atoms with E-state index in [1.54, 1.807) is 14.2 Å². The highest BCUT2D eigenvalue weighted by Gasteiger charge is 2.35. The van der Waals surface area contributed by atoms with Crippen LogP contribution in [0.25, 0.3) is 0 Å². The Morgan fingerprint density at radius 2 is 1.47 bits per heavy atom. The van der Waals surface area contributed by atoms with E-state index in [0.29, 0.717) is 5.92 Å². The summed E-state index contributed by atoms with van der Waals surface area (Å²) in [5.41, 5.74) is 0. The van der Waals surface area contributed by atoms with Crippen LogP contribution < -0.4 is 0 Å². The highest BCUT2D eigenvalue weighted by Crippen LogP contribution is 2.32. The molecule has 1 atom stereocenters. The second-order valence-electron chi connectivity index (χ2n) is 5.38. The maximum atomic E-state index is 5.61. The Morgan fingerprint density at radius 1 is 0.895 bits per heavy atom. The third-order valence-corrected chi connectivity index (χ3v) is 4.03. The molecule has 1 unspecified atom stereocenters. The van der Waals surface area contributed by atoms with Gasteiger partial charge < -0.3 is 9.47 Å². The molecular formula is C17H34O2. The van der Waals surface area contributed by atoms with E-state index in [-0.39, 0.29) is 0 Å². The van der Waals surface area contributed by atoms with Crippen LogP contribution in [0.2, 0.25) is 0 Å². The molecule has 0 aliphatic heterocycles. The van der Waals surface area contributed by atoms with Crippen LogP contribution in [0.3, 0.4) is 0 Å². The van der Waals surface area contributed by atoms with Crippen molar-refractivity contribution in [3.05, 3.63) is 12.7 Å². The fraction of sp³-hybridized carbons (Fsp3) is 0.882. The minimum Gasteiger partial charge on any atom is -0.349 e. The van der Waals surface area contributed by atoms with Gasteiger partial charge in [0.15, 0.2) is 5.79 Å². The van der Waals surface area contributed by atoms with Crippen molar-refractivity contribution >= 4 is 0 Å². The Kier molecular flexibility index (Phi) is 11.3. The summed E-state index contributed by atoms with van der Waals surface area (Å²) in [7, 11) is 3.43. The van der Waals surface area contributed by atoms with Crippen LogP contribution >= 0.6 is 0 Å². The SMILES string of the molecule is C=CC(OC)(OC)C(CCC)CCCCCCCC. The van der Waals surface area contributed by atoms with E-state index in [9.17, 15) is 0 Å². The van der Waals surface area contributed by atoms with Gasteiger partial charge in [-0.05, 0) is 18.9 Å². The molecule has 0 spiro atoms. The lowest BCUT2D eigenvalue weighted by Crippen LogP contribution is -2.40. The summed E-state index contributed by atoms with van der Waals surface area (Å²) in [5, 5.41) is 0. The van der Waals surface area contributed by atoms with Gasteiger partial charge in [-0.2, -0.15) is 0 Å². The zero-order valence-corrected chi connectivity index (χ0v) is 13.5. The van der Waals surface area contributed by atoms with Crippen molar-refractivity contribution in [2.45, 2.75) is 77.4 Å². The summed E-state index contributed by atoms with van der Waals surface area (Å²) < 4.78 is 11.2. The molecule has 0 aromatic rings. The summed E-state index contributed by atoms with van der Waals surface area (Å²) >= 11 is 0. The van der Waals surface area contributed by atoms with Crippen molar-refractivity contribution in [2.24, 2.45) is 5.92 Å². The third kappa shape index (κ3) is 6.58. The Balaban J connectivity index is 4.20. The van der Waals surface area contributed by atoms with Crippen molar-refractivity contribution in [1.29, 1.82) is 0 Å². The molecule has 0 radical (unpaired) electrons. The predicted molar refractivity (Wildman–Crippen MR) is 83.3 cm³/mol. The molecule has 0 aliphatic rings. The Bertz CT molecular complexity index is 209. The second kappa shape index (κ2) is 11.5. The van der Waals surface area contributed by atoms with Gasteiger partial charge >= 0.3 is 0 Å². The van der Waals surface area contributed by atoms with E-state index < -0.39 is 5.79 Å². The molecule has 0 saturated carbocycles. The van der Waals surface area contributed by atoms with Gasteiger partial charge in [0, 0.05) is 20.1 Å². The Labute approximate surface area is 120 Å². The Morgan fingerprint density at radius 3 is 1.95 bits per heavy atom. The van der Waals surface area contributed by atoms with Crippen LogP contribution in [-0.4, -0.2) is 20.0 Å². The highest BCUT2D eigenvalue weighted by molar-refractivity contribution is 4.94. The number of hydrogen-bond donors (Lipinski definition) is 0. The monoisotopic (exact) mass is 270 g/mol. The number of ether oxygens (including phenoxy) is 2. The first-order chi connectivity index (χ1) is 9.20. The van der Waals surface area contributed by atoms with Gasteiger partial charge in [0.2, 0.25) is 0 Å². The number of hydrogen-bond acceptors (Lipinski definition) is 2. The molecule has 0 amide bonds. The molecule has 0 bridgehead atoms. The normalized spacial score (nSPS) is 13.5. The van der Waals surface area contributed by atoms with Gasteiger partial charge in [0.25, 0.3) is 0 Å². The molecule has 19 heavy (non-hydrogen) atoms. The molecule has 2 nitrogen and oxygen atoms in total. The van der Waals surface area contributed by atoms with E-state index in [1.165, 1.54) is 38.5 Å². The summed E-state index contributed by atoms with van der Waals surface area (Å²) in [6.07, 6.45) is 13.3. The minimum absolute atomic E-state index is 0.413. The van der Waals surface area contributed by atoms with Crippen molar-refractivity contribution < 1.29 is 9.47 Å². The molecule has 114 valence electrons. The summed E-state index contributed by atoms with van der Waals surface area (Å²) in [4.78, 5) is 0. The number of rotatable bonds is 13. The molecule has 0 aromatic carbocycles. The van der Waals surface area contributed by atoms with Crippen LogP contribution in [0.1, 0.15) is 71.6 Å². The van der Waals surface area contributed by atoms with Crippen molar-refractivity contribution in [3.63, 3.8) is 0 Å². The lowest BCUT2D eigenvalue weighted by Gasteiger charge is -2.35. The molecule has 0 fully saturated rings. The molecule has 0 aromatic heterocycles. The van der Waals surface area contributed by atoms with Crippen molar-refractivity contribution in [2.75, 3.05) is 14.2 Å². The van der Waals surface area contributed by atoms with Crippen LogP contribution in [0.5, 0.6) is 0 Å². The van der Waals surface area contributed by atoms with E-state index in [1.807, 2.05) is 6.08 Å². The van der Waals surface area contributed by atoms with Crippen LogP contribution in [0.15, 0.2) is 12.7 Å². The average Bonchev–Trinajstić information content (AvgIpc) is 2.45. The van der Waals surface area contributed by atoms with E-state index in [0.717, 1.165) is 19.3 Å². The quantitative estimate of drug-likeness (QED) is 0.256. The number of unbranched alkanes of at least 4 members (excludes halogenated alkanes) is 5. The number of methoxy groups -OCH3 is 2. The fourth-order valence-corrected chi connectivity index (χ4v) is 2.82. The predicted octanol–water partition coefficient (Wildman–Crippen LogP) is 5.33. The van der Waals surface area contributed by atoms with Crippen molar-refractivity contribution in [1.82, 2.24) is 0 Å². The third-order valence-electron chi connectivity index (χ3n) is 4.03. The van der Waals surface area contributed by atoms with Crippen molar-refractivity contribution in [3.8, 4) is 0 Å². The van der Waals surface area contributed by atoms with Crippen LogP contribution in [0, 0.1) is 5.92 Å². The molecular weight excluding hydrogens is 236 g/mol. The standard InChI is InChI=1S/C17H34O2/c1-6-9-10-11-12-13-15-16(14-7-2)17(8-3,18-4)19-5/h8,16H,3,6-7,9-15H2,1-2,4-5H3. The van der Waals surface area contributed by atoms with E-state index in [2.05, 4.69) is 20.4 Å². The van der Waals surface area contributed by atoms with Crippen LogP contribution in [0.4, 0.5) is 0 Å². The largest absolute Gasteiger partial charge is 0.349 e. The molecule has 0 heterocycles. The molecule has 0 rings (SSSR count). The topological polar surface area (TPSA) is 18.5 Å². The summed E-state index contributed by atoms with van der Waals surface area (Å²) in [6.45, 7) is 8.37. The van der Waals surface area contributed by atoms with Gasteiger partial charge in [0.1, 0.15) is 0 Å². The second-order valence-corrected chi connectivity index (χ2v) is 5.38. The zero-order valence-electron chi connectivity index (χ0n) is 13.5. The van der Waals surface area contributed by atoms with Gasteiger partial charge in [-0.3, -0.25) is 0 Å². The van der Waals surface area contributed by atoms with Gasteiger partial charge in [0.05, 0.1) is 0 Å². The van der Waals surface area contributed by atoms with E-state index in [4.69, 9.17) is 9.47 Å². The maximum Gasteiger partial charge on any atom is 0.189 e. The average molecular weight is 270 g/mol. The minimum atomic E-state index is -0.598. The zero-order chi connectivity index (χ0) is 14.6. The maximum absolute atomic E-state index is 5.61. The molecule has 0 N–H and O–H groups in total. The molecule has 0 aliphatic carbocycles. The fourth-order valence-electron chi connectivity index (χ4n) is 2.82. The van der Waals surface area contributed by atoms with Crippen LogP contribution in [-0.2, 0) is 9.47 Å². The Hall–Kier alpha value is -0.340. The first-order valence-corrected chi connectivity index (χ1v) is 7.94. The van der Waals surface area contributed by atoms with Gasteiger partial charge in [-0.25, -0.2) is 0 Å². The summed E-state index contributed by atoms with van der Waals surface area (Å²) in [5.74, 6) is -0.185.